The smallest absolute Gasteiger partial charge is 0.265 e. The molecule has 3 aliphatic rings. The van der Waals surface area contributed by atoms with Gasteiger partial charge in [0, 0.05) is 38.2 Å². The van der Waals surface area contributed by atoms with Crippen LogP contribution >= 0.6 is 0 Å². The third-order valence-corrected chi connectivity index (χ3v) is 8.59. The zero-order valence-corrected chi connectivity index (χ0v) is 19.0. The van der Waals surface area contributed by atoms with Crippen LogP contribution in [0.5, 0.6) is 5.75 Å². The van der Waals surface area contributed by atoms with E-state index in [1.165, 1.54) is 23.2 Å². The van der Waals surface area contributed by atoms with Gasteiger partial charge in [-0.1, -0.05) is 12.8 Å². The average Bonchev–Trinajstić information content (AvgIpc) is 3.03. The van der Waals surface area contributed by atoms with Gasteiger partial charge in [-0.15, -0.1) is 0 Å². The average molecular weight is 450 g/mol. The highest BCUT2D eigenvalue weighted by Gasteiger charge is 2.35. The minimum Gasteiger partial charge on any atom is -0.479 e. The first-order valence-electron chi connectivity index (χ1n) is 11.2. The summed E-state index contributed by atoms with van der Waals surface area (Å²) in [5.74, 6) is 0.191. The number of sulfonamides is 1. The molecular weight excluding hydrogens is 418 g/mol. The number of amides is 2. The molecule has 3 aliphatic heterocycles. The van der Waals surface area contributed by atoms with Gasteiger partial charge in [-0.3, -0.25) is 9.59 Å². The third kappa shape index (κ3) is 4.43. The monoisotopic (exact) mass is 449 g/mol. The van der Waals surface area contributed by atoms with Crippen molar-refractivity contribution in [3.8, 4) is 5.75 Å². The number of anilines is 1. The molecule has 0 aromatic heterocycles. The lowest BCUT2D eigenvalue weighted by molar-refractivity contribution is -0.136. The van der Waals surface area contributed by atoms with Gasteiger partial charge < -0.3 is 15.0 Å². The van der Waals surface area contributed by atoms with Gasteiger partial charge in [0.05, 0.1) is 10.6 Å². The van der Waals surface area contributed by atoms with Crippen molar-refractivity contribution in [2.45, 2.75) is 63.4 Å². The van der Waals surface area contributed by atoms with Crippen LogP contribution in [0.2, 0.25) is 0 Å². The molecule has 0 radical (unpaired) electrons. The molecular formula is C22H31N3O5S. The van der Waals surface area contributed by atoms with Gasteiger partial charge in [0.1, 0.15) is 5.75 Å². The van der Waals surface area contributed by atoms with Crippen LogP contribution in [0, 0.1) is 12.8 Å². The summed E-state index contributed by atoms with van der Waals surface area (Å²) < 4.78 is 33.8. The molecule has 1 atom stereocenters. The molecule has 0 aliphatic carbocycles. The second-order valence-electron chi connectivity index (χ2n) is 8.78. The van der Waals surface area contributed by atoms with Gasteiger partial charge in [0.2, 0.25) is 15.9 Å². The Morgan fingerprint density at radius 2 is 1.71 bits per heavy atom. The Morgan fingerprint density at radius 3 is 2.35 bits per heavy atom. The first-order chi connectivity index (χ1) is 14.8. The van der Waals surface area contributed by atoms with Crippen molar-refractivity contribution in [2.24, 2.45) is 5.92 Å². The van der Waals surface area contributed by atoms with Gasteiger partial charge in [0.25, 0.3) is 5.91 Å². The maximum atomic E-state index is 13.4. The maximum Gasteiger partial charge on any atom is 0.265 e. The topological polar surface area (TPSA) is 96.0 Å². The second kappa shape index (κ2) is 8.78. The van der Waals surface area contributed by atoms with Gasteiger partial charge in [-0.25, -0.2) is 8.42 Å². The molecule has 1 unspecified atom stereocenters. The van der Waals surface area contributed by atoms with Crippen LogP contribution in [-0.2, 0) is 19.6 Å². The lowest BCUT2D eigenvalue weighted by Crippen LogP contribution is -2.44. The second-order valence-corrected chi connectivity index (χ2v) is 10.7. The van der Waals surface area contributed by atoms with E-state index in [0.717, 1.165) is 25.9 Å². The quantitative estimate of drug-likeness (QED) is 0.765. The number of ether oxygens (including phenoxy) is 1. The van der Waals surface area contributed by atoms with Gasteiger partial charge in [-0.05, 0) is 51.2 Å². The van der Waals surface area contributed by atoms with Crippen LogP contribution in [0.1, 0.15) is 51.0 Å². The maximum absolute atomic E-state index is 13.4. The Kier molecular flexibility index (Phi) is 6.25. The highest BCUT2D eigenvalue weighted by atomic mass is 32.2. The van der Waals surface area contributed by atoms with E-state index in [2.05, 4.69) is 5.32 Å². The number of fused-ring (bicyclic) bond motifs is 1. The lowest BCUT2D eigenvalue weighted by Gasteiger charge is -2.34. The predicted octanol–water partition coefficient (Wildman–Crippen LogP) is 2.52. The molecule has 31 heavy (non-hydrogen) atoms. The highest BCUT2D eigenvalue weighted by molar-refractivity contribution is 7.89. The van der Waals surface area contributed by atoms with Gasteiger partial charge >= 0.3 is 0 Å². The standard InChI is InChI=1S/C22H31N3O5S/c1-15-13-18-19(30-16(2)21(26)23-18)14-20(15)31(28,29)25-11-7-17(8-12-25)22(27)24-9-5-3-4-6-10-24/h13-14,16-17H,3-12H2,1-2H3,(H,23,26). The van der Waals surface area contributed by atoms with Crippen molar-refractivity contribution in [3.63, 3.8) is 0 Å². The number of nitrogens with zero attached hydrogens (tertiary/aromatic N) is 2. The van der Waals surface area contributed by atoms with Crippen molar-refractivity contribution >= 4 is 27.5 Å². The summed E-state index contributed by atoms with van der Waals surface area (Å²) in [6.07, 6.45) is 4.87. The van der Waals surface area contributed by atoms with Crippen molar-refractivity contribution < 1.29 is 22.7 Å². The summed E-state index contributed by atoms with van der Waals surface area (Å²) in [7, 11) is -3.72. The number of carbonyl (C=O) groups excluding carboxylic acids is 2. The van der Waals surface area contributed by atoms with Crippen LogP contribution < -0.4 is 10.1 Å². The fourth-order valence-electron chi connectivity index (χ4n) is 4.65. The molecule has 2 saturated heterocycles. The molecule has 2 fully saturated rings. The summed E-state index contributed by atoms with van der Waals surface area (Å²) >= 11 is 0. The molecule has 3 heterocycles. The Labute approximate surface area is 184 Å². The van der Waals surface area contributed by atoms with Gasteiger partial charge in [0.15, 0.2) is 6.10 Å². The molecule has 170 valence electrons. The molecule has 0 bridgehead atoms. The van der Waals surface area contributed by atoms with E-state index in [1.54, 1.807) is 19.9 Å². The van der Waals surface area contributed by atoms with Crippen molar-refractivity contribution in [1.29, 1.82) is 0 Å². The van der Waals surface area contributed by atoms with E-state index in [9.17, 15) is 18.0 Å². The Bertz CT molecular complexity index is 962. The Balaban J connectivity index is 1.46. The summed E-state index contributed by atoms with van der Waals surface area (Å²) in [6, 6.07) is 3.14. The number of benzene rings is 1. The molecule has 1 N–H and O–H groups in total. The molecule has 4 rings (SSSR count). The molecule has 2 amide bonds. The number of piperidine rings is 1. The molecule has 8 nitrogen and oxygen atoms in total. The molecule has 0 spiro atoms. The Morgan fingerprint density at radius 1 is 1.06 bits per heavy atom. The molecule has 9 heteroatoms. The minimum absolute atomic E-state index is 0.103. The highest BCUT2D eigenvalue weighted by Crippen LogP contribution is 2.36. The fourth-order valence-corrected chi connectivity index (χ4v) is 6.34. The summed E-state index contributed by atoms with van der Waals surface area (Å²) in [6.45, 7) is 5.64. The van der Waals surface area contributed by atoms with E-state index in [4.69, 9.17) is 4.74 Å². The van der Waals surface area contributed by atoms with E-state index >= 15 is 0 Å². The van der Waals surface area contributed by atoms with Crippen molar-refractivity contribution in [1.82, 2.24) is 9.21 Å². The zero-order chi connectivity index (χ0) is 22.2. The van der Waals surface area contributed by atoms with Crippen LogP contribution in [0.4, 0.5) is 5.69 Å². The molecule has 1 aromatic rings. The first-order valence-corrected chi connectivity index (χ1v) is 12.6. The number of carbonyl (C=O) groups is 2. The number of hydrogen-bond acceptors (Lipinski definition) is 5. The fraction of sp³-hybridized carbons (Fsp3) is 0.636. The molecule has 1 aromatic carbocycles. The summed E-state index contributed by atoms with van der Waals surface area (Å²) in [4.78, 5) is 26.9. The van der Waals surface area contributed by atoms with Crippen molar-refractivity contribution in [2.75, 3.05) is 31.5 Å². The predicted molar refractivity (Wildman–Crippen MR) is 116 cm³/mol. The van der Waals surface area contributed by atoms with E-state index in [0.29, 0.717) is 42.9 Å². The number of hydrogen-bond donors (Lipinski definition) is 1. The Hall–Kier alpha value is -2.13. The largest absolute Gasteiger partial charge is 0.479 e. The first kappa shape index (κ1) is 22.1. The van der Waals surface area contributed by atoms with E-state index in [1.807, 2.05) is 4.90 Å². The van der Waals surface area contributed by atoms with Crippen LogP contribution in [0.3, 0.4) is 0 Å². The molecule has 0 saturated carbocycles. The normalized spacial score (nSPS) is 23.5. The number of likely N-dealkylation sites (tertiary alicyclic amines) is 1. The SMILES string of the molecule is Cc1cc2c(cc1S(=O)(=O)N1CCC(C(=O)N3CCCCCC3)CC1)OC(C)C(=O)N2. The summed E-state index contributed by atoms with van der Waals surface area (Å²) in [5.41, 5.74) is 1.04. The zero-order valence-electron chi connectivity index (χ0n) is 18.2. The van der Waals surface area contributed by atoms with E-state index < -0.39 is 16.1 Å². The van der Waals surface area contributed by atoms with Crippen molar-refractivity contribution in [3.05, 3.63) is 17.7 Å². The third-order valence-electron chi connectivity index (χ3n) is 6.55. The number of nitrogens with one attached hydrogen (secondary N) is 1. The lowest BCUT2D eigenvalue weighted by atomic mass is 9.96. The van der Waals surface area contributed by atoms with Crippen LogP contribution in [0.15, 0.2) is 17.0 Å². The van der Waals surface area contributed by atoms with E-state index in [-0.39, 0.29) is 22.6 Å². The minimum atomic E-state index is -3.72. The summed E-state index contributed by atoms with van der Waals surface area (Å²) in [5, 5.41) is 2.75. The van der Waals surface area contributed by atoms with Crippen LogP contribution in [0.25, 0.3) is 0 Å². The number of aryl methyl sites for hydroxylation is 1. The number of rotatable bonds is 3. The van der Waals surface area contributed by atoms with Gasteiger partial charge in [-0.2, -0.15) is 4.31 Å². The van der Waals surface area contributed by atoms with Crippen LogP contribution in [-0.4, -0.2) is 61.7 Å².